The zero-order valence-corrected chi connectivity index (χ0v) is 20.0. The first-order valence-corrected chi connectivity index (χ1v) is 13.7. The lowest BCUT2D eigenvalue weighted by molar-refractivity contribution is -0.128. The van der Waals surface area contributed by atoms with Gasteiger partial charge in [0.2, 0.25) is 10.0 Å². The molecule has 172 valence electrons. The maximum absolute atomic E-state index is 13.1. The molecule has 2 saturated carbocycles. The van der Waals surface area contributed by atoms with E-state index in [1.807, 2.05) is 13.8 Å². The molecule has 4 rings (SSSR count). The molecule has 0 saturated heterocycles. The Labute approximate surface area is 189 Å². The topological polar surface area (TPSA) is 101 Å². The van der Waals surface area contributed by atoms with Crippen LogP contribution in [-0.2, 0) is 24.8 Å². The lowest BCUT2D eigenvalue weighted by Crippen LogP contribution is -2.43. The van der Waals surface area contributed by atoms with Crippen LogP contribution in [0.1, 0.15) is 33.1 Å². The summed E-state index contributed by atoms with van der Waals surface area (Å²) < 4.78 is 55.9. The molecule has 2 unspecified atom stereocenters. The van der Waals surface area contributed by atoms with Crippen LogP contribution in [-0.4, -0.2) is 35.4 Å². The first-order chi connectivity index (χ1) is 14.9. The van der Waals surface area contributed by atoms with Gasteiger partial charge in [0.15, 0.2) is 0 Å². The maximum atomic E-state index is 13.1. The summed E-state index contributed by atoms with van der Waals surface area (Å²) >= 11 is 0. The van der Waals surface area contributed by atoms with E-state index in [9.17, 15) is 21.6 Å². The predicted molar refractivity (Wildman–Crippen MR) is 124 cm³/mol. The Balaban J connectivity index is 1.58. The van der Waals surface area contributed by atoms with E-state index in [1.54, 1.807) is 30.3 Å². The molecule has 2 bridgehead atoms. The smallest absolute Gasteiger partial charge is 0.264 e. The van der Waals surface area contributed by atoms with Gasteiger partial charge in [0.05, 0.1) is 21.8 Å². The Morgan fingerprint density at radius 2 is 1.72 bits per heavy atom. The number of benzene rings is 2. The fraction of sp³-hybridized carbons (Fsp3) is 0.435. The second-order valence-corrected chi connectivity index (χ2v) is 13.1. The third-order valence-corrected chi connectivity index (χ3v) is 10.7. The average molecular weight is 477 g/mol. The van der Waals surface area contributed by atoms with Crippen molar-refractivity contribution < 1.29 is 21.6 Å². The number of hydrogen-bond acceptors (Lipinski definition) is 5. The van der Waals surface area contributed by atoms with E-state index in [4.69, 9.17) is 0 Å². The molecule has 0 radical (unpaired) electrons. The molecule has 0 aromatic heterocycles. The summed E-state index contributed by atoms with van der Waals surface area (Å²) in [6.45, 7) is 3.97. The first kappa shape index (κ1) is 22.8. The molecular formula is C23H28N2O5S2. The van der Waals surface area contributed by atoms with Crippen molar-refractivity contribution in [1.29, 1.82) is 0 Å². The lowest BCUT2D eigenvalue weighted by Gasteiger charge is -2.36. The number of hydrogen-bond donors (Lipinski definition) is 1. The van der Waals surface area contributed by atoms with E-state index in [0.29, 0.717) is 18.5 Å². The lowest BCUT2D eigenvalue weighted by atomic mass is 9.70. The molecular weight excluding hydrogens is 448 g/mol. The summed E-state index contributed by atoms with van der Waals surface area (Å²) in [6.07, 6.45) is 1.86. The Kier molecular flexibility index (Phi) is 5.40. The van der Waals surface area contributed by atoms with E-state index in [2.05, 4.69) is 4.72 Å². The number of Topliss-reactive ketones (excluding diaryl/α,β-unsaturated/α-hetero) is 1. The monoisotopic (exact) mass is 476 g/mol. The van der Waals surface area contributed by atoms with Crippen LogP contribution in [0.4, 0.5) is 11.4 Å². The highest BCUT2D eigenvalue weighted by Crippen LogP contribution is 2.64. The predicted octanol–water partition coefficient (Wildman–Crippen LogP) is 3.65. The van der Waals surface area contributed by atoms with Gasteiger partial charge in [0.25, 0.3) is 10.0 Å². The highest BCUT2D eigenvalue weighted by atomic mass is 32.2. The van der Waals surface area contributed by atoms with Gasteiger partial charge in [-0.25, -0.2) is 16.8 Å². The van der Waals surface area contributed by atoms with Gasteiger partial charge >= 0.3 is 0 Å². The fourth-order valence-electron chi connectivity index (χ4n) is 5.30. The van der Waals surface area contributed by atoms with Crippen molar-refractivity contribution in [1.82, 2.24) is 0 Å². The van der Waals surface area contributed by atoms with Crippen LogP contribution in [0.15, 0.2) is 59.5 Å². The third kappa shape index (κ3) is 3.61. The van der Waals surface area contributed by atoms with E-state index in [-0.39, 0.29) is 33.5 Å². The van der Waals surface area contributed by atoms with Gasteiger partial charge in [-0.3, -0.25) is 13.8 Å². The number of ketones is 1. The second-order valence-electron chi connectivity index (χ2n) is 9.36. The molecule has 7 nitrogen and oxygen atoms in total. The Hall–Kier alpha value is -2.39. The third-order valence-electron chi connectivity index (χ3n) is 7.46. The van der Waals surface area contributed by atoms with Gasteiger partial charge in [-0.2, -0.15) is 0 Å². The van der Waals surface area contributed by atoms with Gasteiger partial charge in [-0.05, 0) is 54.5 Å². The number of carbonyl (C=O) groups excluding carboxylic acids is 1. The maximum Gasteiger partial charge on any atom is 0.264 e. The molecule has 9 heteroatoms. The minimum atomic E-state index is -3.89. The van der Waals surface area contributed by atoms with Gasteiger partial charge in [0, 0.05) is 19.2 Å². The molecule has 2 aliphatic carbocycles. The summed E-state index contributed by atoms with van der Waals surface area (Å²) in [7, 11) is -6.32. The van der Waals surface area contributed by atoms with Crippen molar-refractivity contribution in [2.45, 2.75) is 38.0 Å². The minimum absolute atomic E-state index is 0.0185. The highest BCUT2D eigenvalue weighted by Gasteiger charge is 2.65. The average Bonchev–Trinajstić information content (AvgIpc) is 3.07. The molecule has 0 spiro atoms. The summed E-state index contributed by atoms with van der Waals surface area (Å²) in [5.41, 5.74) is -0.611. The quantitative estimate of drug-likeness (QED) is 0.657. The number of carbonyl (C=O) groups is 1. The number of fused-ring (bicyclic) bond motifs is 2. The van der Waals surface area contributed by atoms with E-state index >= 15 is 0 Å². The number of anilines is 2. The van der Waals surface area contributed by atoms with Gasteiger partial charge in [0.1, 0.15) is 5.78 Å². The number of para-hydroxylation sites is 1. The van der Waals surface area contributed by atoms with Crippen LogP contribution in [0, 0.1) is 16.7 Å². The normalized spacial score (nSPS) is 24.5. The van der Waals surface area contributed by atoms with Crippen molar-refractivity contribution in [2.75, 3.05) is 21.8 Å². The van der Waals surface area contributed by atoms with Gasteiger partial charge in [-0.15, -0.1) is 0 Å². The molecule has 2 aromatic rings. The number of rotatable bonds is 7. The molecule has 32 heavy (non-hydrogen) atoms. The molecule has 0 heterocycles. The Morgan fingerprint density at radius 1 is 1.03 bits per heavy atom. The van der Waals surface area contributed by atoms with Crippen molar-refractivity contribution in [3.8, 4) is 0 Å². The summed E-state index contributed by atoms with van der Waals surface area (Å²) in [4.78, 5) is 12.7. The van der Waals surface area contributed by atoms with Crippen molar-refractivity contribution in [3.05, 3.63) is 54.6 Å². The van der Waals surface area contributed by atoms with E-state index in [0.717, 1.165) is 10.7 Å². The van der Waals surface area contributed by atoms with Gasteiger partial charge in [-0.1, -0.05) is 38.1 Å². The van der Waals surface area contributed by atoms with E-state index in [1.165, 1.54) is 31.3 Å². The number of nitrogens with zero attached hydrogens (tertiary/aromatic N) is 1. The molecule has 0 aliphatic heterocycles. The molecule has 1 N–H and O–H groups in total. The van der Waals surface area contributed by atoms with Crippen LogP contribution < -0.4 is 9.03 Å². The zero-order valence-electron chi connectivity index (χ0n) is 18.4. The highest BCUT2D eigenvalue weighted by molar-refractivity contribution is 7.93. The zero-order chi connectivity index (χ0) is 23.4. The Bertz CT molecular complexity index is 1260. The number of nitrogens with one attached hydrogen (secondary N) is 1. The summed E-state index contributed by atoms with van der Waals surface area (Å²) in [5, 5.41) is 0. The molecule has 0 amide bonds. The summed E-state index contributed by atoms with van der Waals surface area (Å²) in [5.74, 6) is -0.0550. The molecule has 2 fully saturated rings. The SMILES string of the molecule is CN(c1ccccc1)S(=O)(=O)c1cccc(NS(=O)(=O)CC23CCC(CC2=O)C3(C)C)c1. The summed E-state index contributed by atoms with van der Waals surface area (Å²) in [6, 6.07) is 14.4. The van der Waals surface area contributed by atoms with Crippen LogP contribution in [0.25, 0.3) is 0 Å². The van der Waals surface area contributed by atoms with Crippen LogP contribution >= 0.6 is 0 Å². The van der Waals surface area contributed by atoms with Crippen LogP contribution in [0.2, 0.25) is 0 Å². The number of sulfonamides is 2. The second kappa shape index (κ2) is 7.59. The van der Waals surface area contributed by atoms with Crippen molar-refractivity contribution >= 4 is 37.2 Å². The van der Waals surface area contributed by atoms with Crippen LogP contribution in [0.3, 0.4) is 0 Å². The van der Waals surface area contributed by atoms with Gasteiger partial charge < -0.3 is 0 Å². The fourth-order valence-corrected chi connectivity index (χ4v) is 8.43. The minimum Gasteiger partial charge on any atom is -0.299 e. The standard InChI is InChI=1S/C23H28N2O5S2/c1-22(2)17-12-13-23(22,21(26)14-17)16-31(27,28)24-18-8-7-11-20(15-18)32(29,30)25(3)19-9-5-4-6-10-19/h4-11,15,17,24H,12-14,16H2,1-3H3. The Morgan fingerprint density at radius 3 is 2.31 bits per heavy atom. The molecule has 2 aliphatic rings. The molecule has 2 aromatic carbocycles. The first-order valence-electron chi connectivity index (χ1n) is 10.6. The van der Waals surface area contributed by atoms with E-state index < -0.39 is 25.5 Å². The molecule has 2 atom stereocenters. The van der Waals surface area contributed by atoms with Crippen LogP contribution in [0.5, 0.6) is 0 Å². The van der Waals surface area contributed by atoms with Crippen molar-refractivity contribution in [2.24, 2.45) is 16.7 Å². The van der Waals surface area contributed by atoms with Crippen molar-refractivity contribution in [3.63, 3.8) is 0 Å². The largest absolute Gasteiger partial charge is 0.299 e.